The van der Waals surface area contributed by atoms with Gasteiger partial charge in [0.25, 0.3) is 0 Å². The molecule has 4 nitrogen and oxygen atoms in total. The van der Waals surface area contributed by atoms with Crippen LogP contribution in [0.15, 0.2) is 48.5 Å². The summed E-state index contributed by atoms with van der Waals surface area (Å²) in [5.74, 6) is 0.942. The van der Waals surface area contributed by atoms with E-state index in [0.717, 1.165) is 23.5 Å². The monoisotopic (exact) mass is 310 g/mol. The molecule has 0 radical (unpaired) electrons. The Morgan fingerprint density at radius 2 is 1.87 bits per heavy atom. The van der Waals surface area contributed by atoms with Crippen LogP contribution in [0.25, 0.3) is 0 Å². The molecule has 2 aromatic rings. The van der Waals surface area contributed by atoms with E-state index in [1.807, 2.05) is 67.3 Å². The summed E-state index contributed by atoms with van der Waals surface area (Å²) in [6, 6.07) is 15.7. The minimum atomic E-state index is -0.163. The predicted molar refractivity (Wildman–Crippen MR) is 93.2 cm³/mol. The second-order valence-electron chi connectivity index (χ2n) is 5.77. The highest BCUT2D eigenvalue weighted by Gasteiger charge is 2.30. The van der Waals surface area contributed by atoms with Gasteiger partial charge in [0.2, 0.25) is 5.91 Å². The van der Waals surface area contributed by atoms with Crippen LogP contribution in [0.1, 0.15) is 18.9 Å². The number of nitrogens with one attached hydrogen (secondary N) is 1. The van der Waals surface area contributed by atoms with Crippen LogP contribution in [0.5, 0.6) is 5.75 Å². The summed E-state index contributed by atoms with van der Waals surface area (Å²) in [5.41, 5.74) is 3.14. The molecule has 0 aromatic heterocycles. The third-order valence-corrected chi connectivity index (χ3v) is 4.10. The highest BCUT2D eigenvalue weighted by atomic mass is 16.5. The molecule has 0 fully saturated rings. The van der Waals surface area contributed by atoms with Gasteiger partial charge in [-0.25, -0.2) is 0 Å². The number of ether oxygens (including phenoxy) is 1. The molecule has 0 aliphatic carbocycles. The first-order valence-corrected chi connectivity index (χ1v) is 8.05. The minimum Gasteiger partial charge on any atom is -0.492 e. The van der Waals surface area contributed by atoms with Crippen LogP contribution in [0.4, 0.5) is 11.4 Å². The lowest BCUT2D eigenvalue weighted by Crippen LogP contribution is -2.48. The molecule has 1 amide bonds. The molecule has 1 unspecified atom stereocenters. The fraction of sp³-hybridized carbons (Fsp3) is 0.316. The van der Waals surface area contributed by atoms with Crippen molar-refractivity contribution in [2.45, 2.75) is 26.3 Å². The number of benzene rings is 2. The number of amides is 1. The Morgan fingerprint density at radius 3 is 2.61 bits per heavy atom. The molecule has 2 aromatic carbocycles. The third kappa shape index (κ3) is 3.31. The Labute approximate surface area is 137 Å². The van der Waals surface area contributed by atoms with E-state index in [0.29, 0.717) is 13.2 Å². The topological polar surface area (TPSA) is 41.6 Å². The van der Waals surface area contributed by atoms with Gasteiger partial charge in [0.1, 0.15) is 18.4 Å². The zero-order valence-electron chi connectivity index (χ0n) is 13.6. The summed E-state index contributed by atoms with van der Waals surface area (Å²) in [7, 11) is 0. The molecule has 1 aliphatic rings. The molecule has 1 aliphatic heterocycles. The number of anilines is 2. The maximum atomic E-state index is 12.6. The molecule has 0 saturated heterocycles. The van der Waals surface area contributed by atoms with Crippen molar-refractivity contribution in [2.24, 2.45) is 0 Å². The van der Waals surface area contributed by atoms with Crippen LogP contribution >= 0.6 is 0 Å². The average Bonchev–Trinajstić information content (AvgIpc) is 2.58. The summed E-state index contributed by atoms with van der Waals surface area (Å²) in [5, 5.41) is 3.31. The maximum Gasteiger partial charge on any atom is 0.249 e. The summed E-state index contributed by atoms with van der Waals surface area (Å²) in [6.45, 7) is 5.08. The number of aryl methyl sites for hydroxylation is 1. The first-order chi connectivity index (χ1) is 11.2. The van der Waals surface area contributed by atoms with E-state index in [-0.39, 0.29) is 11.9 Å². The van der Waals surface area contributed by atoms with Gasteiger partial charge in [0, 0.05) is 0 Å². The largest absolute Gasteiger partial charge is 0.492 e. The minimum absolute atomic E-state index is 0.110. The summed E-state index contributed by atoms with van der Waals surface area (Å²) in [4.78, 5) is 14.4. The van der Waals surface area contributed by atoms with Gasteiger partial charge in [0.05, 0.1) is 17.9 Å². The Kier molecular flexibility index (Phi) is 4.51. The van der Waals surface area contributed by atoms with Crippen molar-refractivity contribution in [3.63, 3.8) is 0 Å². The quantitative estimate of drug-likeness (QED) is 0.917. The Hall–Kier alpha value is -2.49. The SMILES string of the molecule is CCC1Nc2ccccc2N(CCOc2ccc(C)cc2)C1=O. The van der Waals surface area contributed by atoms with Crippen molar-refractivity contribution in [3.05, 3.63) is 54.1 Å². The van der Waals surface area contributed by atoms with E-state index < -0.39 is 0 Å². The summed E-state index contributed by atoms with van der Waals surface area (Å²) in [6.07, 6.45) is 0.766. The van der Waals surface area contributed by atoms with Gasteiger partial charge in [-0.2, -0.15) is 0 Å². The average molecular weight is 310 g/mol. The number of nitrogens with zero attached hydrogens (tertiary/aromatic N) is 1. The van der Waals surface area contributed by atoms with Crippen molar-refractivity contribution in [3.8, 4) is 5.75 Å². The fourth-order valence-electron chi connectivity index (χ4n) is 2.78. The van der Waals surface area contributed by atoms with Crippen LogP contribution in [-0.2, 0) is 4.79 Å². The Balaban J connectivity index is 1.70. The molecule has 0 bridgehead atoms. The molecular weight excluding hydrogens is 288 g/mol. The van der Waals surface area contributed by atoms with Crippen molar-refractivity contribution in [1.82, 2.24) is 0 Å². The molecule has 1 atom stereocenters. The molecule has 1 N–H and O–H groups in total. The van der Waals surface area contributed by atoms with Crippen LogP contribution in [0.3, 0.4) is 0 Å². The molecule has 23 heavy (non-hydrogen) atoms. The first kappa shape index (κ1) is 15.4. The van der Waals surface area contributed by atoms with Gasteiger partial charge in [-0.1, -0.05) is 36.8 Å². The number of hydrogen-bond acceptors (Lipinski definition) is 3. The standard InChI is InChI=1S/C19H22N2O2/c1-3-16-19(22)21(18-7-5-4-6-17(18)20-16)12-13-23-15-10-8-14(2)9-11-15/h4-11,16,20H,3,12-13H2,1-2H3. The van der Waals surface area contributed by atoms with Crippen molar-refractivity contribution in [1.29, 1.82) is 0 Å². The molecule has 1 heterocycles. The lowest BCUT2D eigenvalue weighted by atomic mass is 10.1. The van der Waals surface area contributed by atoms with Crippen LogP contribution < -0.4 is 15.0 Å². The second-order valence-corrected chi connectivity index (χ2v) is 5.77. The van der Waals surface area contributed by atoms with Crippen LogP contribution in [0.2, 0.25) is 0 Å². The predicted octanol–water partition coefficient (Wildman–Crippen LogP) is 3.61. The zero-order valence-corrected chi connectivity index (χ0v) is 13.6. The van der Waals surface area contributed by atoms with Crippen molar-refractivity contribution >= 4 is 17.3 Å². The smallest absolute Gasteiger partial charge is 0.249 e. The molecule has 0 spiro atoms. The molecule has 0 saturated carbocycles. The number of hydrogen-bond donors (Lipinski definition) is 1. The maximum absolute atomic E-state index is 12.6. The number of rotatable bonds is 5. The number of carbonyl (C=O) groups is 1. The van der Waals surface area contributed by atoms with Gasteiger partial charge in [-0.3, -0.25) is 4.79 Å². The Morgan fingerprint density at radius 1 is 1.13 bits per heavy atom. The first-order valence-electron chi connectivity index (χ1n) is 8.05. The fourth-order valence-corrected chi connectivity index (χ4v) is 2.78. The Bertz CT molecular complexity index is 682. The zero-order chi connectivity index (χ0) is 16.2. The number of para-hydroxylation sites is 2. The molecule has 3 rings (SSSR count). The van der Waals surface area contributed by atoms with E-state index in [1.165, 1.54) is 5.56 Å². The van der Waals surface area contributed by atoms with Crippen molar-refractivity contribution < 1.29 is 9.53 Å². The van der Waals surface area contributed by atoms with E-state index in [9.17, 15) is 4.79 Å². The van der Waals surface area contributed by atoms with E-state index >= 15 is 0 Å². The van der Waals surface area contributed by atoms with Gasteiger partial charge in [-0.05, 0) is 37.6 Å². The number of fused-ring (bicyclic) bond motifs is 1. The van der Waals surface area contributed by atoms with Gasteiger partial charge >= 0.3 is 0 Å². The summed E-state index contributed by atoms with van der Waals surface area (Å²) >= 11 is 0. The van der Waals surface area contributed by atoms with E-state index in [2.05, 4.69) is 5.32 Å². The van der Waals surface area contributed by atoms with Gasteiger partial charge in [0.15, 0.2) is 0 Å². The highest BCUT2D eigenvalue weighted by molar-refractivity contribution is 6.04. The second kappa shape index (κ2) is 6.73. The molecular formula is C19H22N2O2. The number of carbonyl (C=O) groups excluding carboxylic acids is 1. The van der Waals surface area contributed by atoms with Crippen molar-refractivity contribution in [2.75, 3.05) is 23.4 Å². The normalized spacial score (nSPS) is 16.7. The van der Waals surface area contributed by atoms with E-state index in [1.54, 1.807) is 0 Å². The molecule has 120 valence electrons. The molecule has 4 heteroatoms. The van der Waals surface area contributed by atoms with Crippen LogP contribution in [0, 0.1) is 6.92 Å². The summed E-state index contributed by atoms with van der Waals surface area (Å²) < 4.78 is 5.78. The highest BCUT2D eigenvalue weighted by Crippen LogP contribution is 2.31. The van der Waals surface area contributed by atoms with E-state index in [4.69, 9.17) is 4.74 Å². The third-order valence-electron chi connectivity index (χ3n) is 4.10. The lowest BCUT2D eigenvalue weighted by Gasteiger charge is -2.35. The lowest BCUT2D eigenvalue weighted by molar-refractivity contribution is -0.119. The van der Waals surface area contributed by atoms with Gasteiger partial charge in [-0.15, -0.1) is 0 Å². The van der Waals surface area contributed by atoms with Gasteiger partial charge < -0.3 is 15.0 Å². The van der Waals surface area contributed by atoms with Crippen LogP contribution in [-0.4, -0.2) is 25.1 Å².